The molecule has 0 atom stereocenters. The minimum absolute atomic E-state index is 0.576. The van der Waals surface area contributed by atoms with Crippen LogP contribution in [0.2, 0.25) is 0 Å². The number of hydrogen-bond donors (Lipinski definition) is 0. The molecule has 1 rings (SSSR count). The smallest absolute Gasteiger partial charge is 0.00446 e. The predicted molar refractivity (Wildman–Crippen MR) is 40.3 cm³/mol. The van der Waals surface area contributed by atoms with E-state index in [1.165, 1.54) is 19.3 Å². The van der Waals surface area contributed by atoms with Gasteiger partial charge in [-0.25, -0.2) is 0 Å². The highest BCUT2D eigenvalue weighted by molar-refractivity contribution is 5.07. The molecule has 0 heteroatoms. The van der Waals surface area contributed by atoms with Crippen LogP contribution in [0.25, 0.3) is 0 Å². The molecule has 0 nitrogen and oxygen atoms in total. The summed E-state index contributed by atoms with van der Waals surface area (Å²) in [5.41, 5.74) is 3.73. The van der Waals surface area contributed by atoms with Crippen molar-refractivity contribution in [2.45, 2.75) is 33.1 Å². The van der Waals surface area contributed by atoms with E-state index < -0.39 is 0 Å². The molecule has 0 spiro atoms. The molecule has 1 saturated carbocycles. The molecule has 0 aromatic heterocycles. The van der Waals surface area contributed by atoms with E-state index in [1.54, 1.807) is 0 Å². The molecule has 1 fully saturated rings. The largest absolute Gasteiger partial charge is 0.129 e. The maximum absolute atomic E-state index is 3.15. The van der Waals surface area contributed by atoms with Gasteiger partial charge in [-0.1, -0.05) is 6.92 Å². The average Bonchev–Trinajstić information content (AvgIpc) is 2.65. The summed E-state index contributed by atoms with van der Waals surface area (Å²) < 4.78 is 0. The molecule has 0 unspecified atom stereocenters. The van der Waals surface area contributed by atoms with Gasteiger partial charge >= 0.3 is 0 Å². The molecule has 0 bridgehead atoms. The van der Waals surface area contributed by atoms with Crippen LogP contribution in [0.15, 0.2) is 17.9 Å². The van der Waals surface area contributed by atoms with Gasteiger partial charge in [-0.3, -0.25) is 0 Å². The molecular formula is C9H14. The molecule has 1 aliphatic rings. The van der Waals surface area contributed by atoms with Crippen LogP contribution >= 0.6 is 0 Å². The standard InChI is InChI=1S/C9H14/c1-3-5-6-9(4-2)7-8-9/h3,6H,4,7-8H2,1-2H3. The van der Waals surface area contributed by atoms with Crippen LogP contribution in [0, 0.1) is 5.41 Å². The zero-order chi connectivity index (χ0) is 6.74. The average molecular weight is 122 g/mol. The quantitative estimate of drug-likeness (QED) is 0.494. The van der Waals surface area contributed by atoms with Gasteiger partial charge in [0.2, 0.25) is 0 Å². The molecule has 0 aliphatic heterocycles. The van der Waals surface area contributed by atoms with E-state index in [4.69, 9.17) is 0 Å². The fourth-order valence-corrected chi connectivity index (χ4v) is 1.02. The third-order valence-electron chi connectivity index (χ3n) is 2.15. The summed E-state index contributed by atoms with van der Waals surface area (Å²) in [6.45, 7) is 4.27. The molecule has 1 aliphatic carbocycles. The van der Waals surface area contributed by atoms with Gasteiger partial charge in [0.15, 0.2) is 0 Å². The molecule has 0 radical (unpaired) electrons. The minimum Gasteiger partial charge on any atom is -0.129 e. The predicted octanol–water partition coefficient (Wildman–Crippen LogP) is 2.91. The van der Waals surface area contributed by atoms with Crippen molar-refractivity contribution in [3.05, 3.63) is 17.9 Å². The Balaban J connectivity index is 2.51. The summed E-state index contributed by atoms with van der Waals surface area (Å²) in [6.07, 6.45) is 8.26. The van der Waals surface area contributed by atoms with Crippen LogP contribution in [0.5, 0.6) is 0 Å². The second kappa shape index (κ2) is 2.41. The van der Waals surface area contributed by atoms with Gasteiger partial charge < -0.3 is 0 Å². The van der Waals surface area contributed by atoms with E-state index in [0.29, 0.717) is 5.41 Å². The molecule has 0 aromatic rings. The summed E-state index contributed by atoms with van der Waals surface area (Å²) in [4.78, 5) is 0. The van der Waals surface area contributed by atoms with Gasteiger partial charge in [0.05, 0.1) is 0 Å². The number of allylic oxidation sites excluding steroid dienone is 1. The summed E-state index contributed by atoms with van der Waals surface area (Å²) in [5, 5.41) is 0. The van der Waals surface area contributed by atoms with Crippen molar-refractivity contribution in [3.63, 3.8) is 0 Å². The van der Waals surface area contributed by atoms with Crippen LogP contribution in [0.3, 0.4) is 0 Å². The van der Waals surface area contributed by atoms with Gasteiger partial charge in [-0.15, -0.1) is 5.73 Å². The Morgan fingerprint density at radius 1 is 1.56 bits per heavy atom. The molecule has 50 valence electrons. The molecule has 0 heterocycles. The van der Waals surface area contributed by atoms with Gasteiger partial charge in [0.25, 0.3) is 0 Å². The molecule has 9 heavy (non-hydrogen) atoms. The first-order valence-electron chi connectivity index (χ1n) is 3.71. The van der Waals surface area contributed by atoms with Crippen molar-refractivity contribution >= 4 is 0 Å². The summed E-state index contributed by atoms with van der Waals surface area (Å²) in [7, 11) is 0. The molecule has 0 saturated heterocycles. The van der Waals surface area contributed by atoms with Crippen molar-refractivity contribution in [2.24, 2.45) is 5.41 Å². The zero-order valence-electron chi connectivity index (χ0n) is 6.28. The second-order valence-corrected chi connectivity index (χ2v) is 2.82. The second-order valence-electron chi connectivity index (χ2n) is 2.82. The highest BCUT2D eigenvalue weighted by Gasteiger charge is 2.37. The molecule has 0 N–H and O–H groups in total. The van der Waals surface area contributed by atoms with Gasteiger partial charge in [0, 0.05) is 0 Å². The van der Waals surface area contributed by atoms with Crippen LogP contribution in [-0.2, 0) is 0 Å². The lowest BCUT2D eigenvalue weighted by Crippen LogP contribution is -1.88. The van der Waals surface area contributed by atoms with Crippen molar-refractivity contribution in [1.29, 1.82) is 0 Å². The Bertz CT molecular complexity index is 143. The maximum atomic E-state index is 3.15. The first-order valence-corrected chi connectivity index (χ1v) is 3.71. The fraction of sp³-hybridized carbons (Fsp3) is 0.667. The third kappa shape index (κ3) is 1.46. The van der Waals surface area contributed by atoms with E-state index in [9.17, 15) is 0 Å². The highest BCUT2D eigenvalue weighted by atomic mass is 14.4. The van der Waals surface area contributed by atoms with Crippen molar-refractivity contribution < 1.29 is 0 Å². The molecule has 0 amide bonds. The molecule has 0 aromatic carbocycles. The lowest BCUT2D eigenvalue weighted by molar-refractivity contribution is 0.626. The SMILES string of the molecule is CC=C=CC1(CC)CC1. The monoisotopic (exact) mass is 122 g/mol. The first-order chi connectivity index (χ1) is 4.33. The zero-order valence-corrected chi connectivity index (χ0v) is 6.28. The van der Waals surface area contributed by atoms with Crippen LogP contribution in [-0.4, -0.2) is 0 Å². The van der Waals surface area contributed by atoms with Crippen LogP contribution in [0.4, 0.5) is 0 Å². The Labute approximate surface area is 57.3 Å². The van der Waals surface area contributed by atoms with Crippen LogP contribution < -0.4 is 0 Å². The lowest BCUT2D eigenvalue weighted by Gasteiger charge is -1.99. The maximum Gasteiger partial charge on any atom is -0.00446 e. The Kier molecular flexibility index (Phi) is 1.78. The summed E-state index contributed by atoms with van der Waals surface area (Å²) in [5.74, 6) is 0. The van der Waals surface area contributed by atoms with Gasteiger partial charge in [-0.05, 0) is 43.8 Å². The van der Waals surface area contributed by atoms with Crippen molar-refractivity contribution in [2.75, 3.05) is 0 Å². The Hall–Kier alpha value is -0.480. The van der Waals surface area contributed by atoms with Crippen molar-refractivity contribution in [3.8, 4) is 0 Å². The van der Waals surface area contributed by atoms with E-state index in [1.807, 2.05) is 13.0 Å². The number of hydrogen-bond acceptors (Lipinski definition) is 0. The third-order valence-corrected chi connectivity index (χ3v) is 2.15. The highest BCUT2D eigenvalue weighted by Crippen LogP contribution is 2.49. The number of rotatable bonds is 2. The van der Waals surface area contributed by atoms with E-state index >= 15 is 0 Å². The van der Waals surface area contributed by atoms with Crippen LogP contribution in [0.1, 0.15) is 33.1 Å². The van der Waals surface area contributed by atoms with Gasteiger partial charge in [0.1, 0.15) is 0 Å². The van der Waals surface area contributed by atoms with Gasteiger partial charge in [-0.2, -0.15) is 0 Å². The lowest BCUT2D eigenvalue weighted by atomic mass is 10.0. The topological polar surface area (TPSA) is 0 Å². The van der Waals surface area contributed by atoms with E-state index in [2.05, 4.69) is 18.7 Å². The summed E-state index contributed by atoms with van der Waals surface area (Å²) in [6, 6.07) is 0. The Morgan fingerprint density at radius 3 is 2.56 bits per heavy atom. The minimum atomic E-state index is 0.576. The normalized spacial score (nSPS) is 20.2. The van der Waals surface area contributed by atoms with E-state index in [0.717, 1.165) is 0 Å². The fourth-order valence-electron chi connectivity index (χ4n) is 1.02. The van der Waals surface area contributed by atoms with E-state index in [-0.39, 0.29) is 0 Å². The Morgan fingerprint density at radius 2 is 2.22 bits per heavy atom. The first kappa shape index (κ1) is 6.64. The molecular weight excluding hydrogens is 108 g/mol. The summed E-state index contributed by atoms with van der Waals surface area (Å²) >= 11 is 0. The van der Waals surface area contributed by atoms with Crippen molar-refractivity contribution in [1.82, 2.24) is 0 Å².